The molecule has 1 unspecified atom stereocenters. The van der Waals surface area contributed by atoms with Crippen LogP contribution in [0.4, 0.5) is 0 Å². The van der Waals surface area contributed by atoms with Crippen LogP contribution in [0.1, 0.15) is 27.2 Å². The number of hydrogen-bond acceptors (Lipinski definition) is 1. The van der Waals surface area contributed by atoms with Gasteiger partial charge in [0, 0.05) is 11.5 Å². The molecule has 1 nitrogen and oxygen atoms in total. The lowest BCUT2D eigenvalue weighted by atomic mass is 10.1. The van der Waals surface area contributed by atoms with Crippen LogP contribution in [-0.4, -0.2) is 11.2 Å². The zero-order chi connectivity index (χ0) is 8.85. The van der Waals surface area contributed by atoms with Crippen LogP contribution in [0, 0.1) is 17.8 Å². The van der Waals surface area contributed by atoms with Gasteiger partial charge in [0.1, 0.15) is 0 Å². The molecule has 11 heavy (non-hydrogen) atoms. The van der Waals surface area contributed by atoms with Crippen molar-refractivity contribution in [2.75, 3.05) is 0 Å². The molecule has 62 valence electrons. The molecule has 0 aromatic heterocycles. The van der Waals surface area contributed by atoms with E-state index in [1.54, 1.807) is 0 Å². The van der Waals surface area contributed by atoms with Gasteiger partial charge in [-0.3, -0.25) is 0 Å². The summed E-state index contributed by atoms with van der Waals surface area (Å²) in [6.07, 6.45) is 0.229. The first kappa shape index (κ1) is 10.3. The topological polar surface area (TPSA) is 20.2 Å². The number of aliphatic hydroxyl groups is 1. The van der Waals surface area contributed by atoms with Gasteiger partial charge in [-0.05, 0) is 6.42 Å². The van der Waals surface area contributed by atoms with Gasteiger partial charge in [0.2, 0.25) is 0 Å². The molecule has 0 bridgehead atoms. The van der Waals surface area contributed by atoms with Gasteiger partial charge in [-0.25, -0.2) is 0 Å². The molecule has 0 fully saturated rings. The molecule has 0 spiro atoms. The molecular formula is C10H16O. The highest BCUT2D eigenvalue weighted by Crippen LogP contribution is 2.01. The molecule has 0 heterocycles. The van der Waals surface area contributed by atoms with Crippen LogP contribution in [0.2, 0.25) is 0 Å². The monoisotopic (exact) mass is 152 g/mol. The third-order valence-corrected chi connectivity index (χ3v) is 1.31. The van der Waals surface area contributed by atoms with Crippen molar-refractivity contribution in [1.82, 2.24) is 0 Å². The van der Waals surface area contributed by atoms with Gasteiger partial charge in [-0.2, -0.15) is 0 Å². The molecule has 0 saturated carbocycles. The first-order valence-corrected chi connectivity index (χ1v) is 3.96. The third kappa shape index (κ3) is 4.64. The minimum absolute atomic E-state index is 0.343. The minimum Gasteiger partial charge on any atom is -0.388 e. The summed E-state index contributed by atoms with van der Waals surface area (Å²) in [5.74, 6) is 6.13. The smallest absolute Gasteiger partial charge is 0.0859 e. The summed E-state index contributed by atoms with van der Waals surface area (Å²) in [5, 5.41) is 9.24. The summed E-state index contributed by atoms with van der Waals surface area (Å²) < 4.78 is 0. The Hall–Kier alpha value is -0.740. The van der Waals surface area contributed by atoms with E-state index in [9.17, 15) is 5.11 Å². The second-order valence-electron chi connectivity index (χ2n) is 2.87. The Kier molecular flexibility index (Phi) is 4.65. The lowest BCUT2D eigenvalue weighted by Gasteiger charge is -2.03. The van der Waals surface area contributed by atoms with Gasteiger partial charge in [-0.1, -0.05) is 39.2 Å². The predicted molar refractivity (Wildman–Crippen MR) is 48.1 cm³/mol. The zero-order valence-corrected chi connectivity index (χ0v) is 7.52. The van der Waals surface area contributed by atoms with E-state index in [1.165, 1.54) is 0 Å². The fraction of sp³-hybridized carbons (Fsp3) is 0.600. The lowest BCUT2D eigenvalue weighted by molar-refractivity contribution is 0.212. The SMILES string of the molecule is C=C(C#CC(C)C)C(O)CC. The summed E-state index contributed by atoms with van der Waals surface area (Å²) in [6, 6.07) is 0. The maximum Gasteiger partial charge on any atom is 0.0859 e. The molecule has 0 amide bonds. The summed E-state index contributed by atoms with van der Waals surface area (Å²) in [5.41, 5.74) is 0.626. The van der Waals surface area contributed by atoms with Crippen molar-refractivity contribution in [2.24, 2.45) is 5.92 Å². The Bertz CT molecular complexity index is 181. The maximum absolute atomic E-state index is 9.24. The van der Waals surface area contributed by atoms with E-state index in [-0.39, 0.29) is 0 Å². The average molecular weight is 152 g/mol. The van der Waals surface area contributed by atoms with Crippen LogP contribution >= 0.6 is 0 Å². The molecule has 1 heteroatoms. The fourth-order valence-electron chi connectivity index (χ4n) is 0.567. The molecule has 0 aliphatic carbocycles. The number of rotatable bonds is 2. The van der Waals surface area contributed by atoms with Crippen molar-refractivity contribution in [3.63, 3.8) is 0 Å². The molecule has 0 saturated heterocycles. The van der Waals surface area contributed by atoms with E-state index in [1.807, 2.05) is 20.8 Å². The van der Waals surface area contributed by atoms with Gasteiger partial charge in [-0.15, -0.1) is 0 Å². The Morgan fingerprint density at radius 3 is 2.45 bits per heavy atom. The van der Waals surface area contributed by atoms with E-state index in [4.69, 9.17) is 0 Å². The Labute approximate surface area is 69.1 Å². The largest absolute Gasteiger partial charge is 0.388 e. The molecular weight excluding hydrogens is 136 g/mol. The van der Waals surface area contributed by atoms with Gasteiger partial charge >= 0.3 is 0 Å². The molecule has 0 aliphatic rings. The maximum atomic E-state index is 9.24. The zero-order valence-electron chi connectivity index (χ0n) is 7.52. The lowest BCUT2D eigenvalue weighted by Crippen LogP contribution is -2.05. The summed E-state index contributed by atoms with van der Waals surface area (Å²) in [4.78, 5) is 0. The highest BCUT2D eigenvalue weighted by molar-refractivity contribution is 5.29. The molecule has 0 aromatic rings. The van der Waals surface area contributed by atoms with Crippen LogP contribution in [0.25, 0.3) is 0 Å². The van der Waals surface area contributed by atoms with Crippen LogP contribution in [-0.2, 0) is 0 Å². The standard InChI is InChI=1S/C10H16O/c1-5-10(11)9(4)7-6-8(2)3/h8,10-11H,4-5H2,1-3H3. The van der Waals surface area contributed by atoms with E-state index in [0.717, 1.165) is 0 Å². The van der Waals surface area contributed by atoms with Gasteiger partial charge < -0.3 is 5.11 Å². The van der Waals surface area contributed by atoms with Crippen LogP contribution in [0.15, 0.2) is 12.2 Å². The van der Waals surface area contributed by atoms with Crippen molar-refractivity contribution in [3.05, 3.63) is 12.2 Å². The highest BCUT2D eigenvalue weighted by Gasteiger charge is 2.01. The first-order chi connectivity index (χ1) is 5.07. The van der Waals surface area contributed by atoms with Crippen molar-refractivity contribution in [3.8, 4) is 11.8 Å². The Morgan fingerprint density at radius 1 is 1.55 bits per heavy atom. The first-order valence-electron chi connectivity index (χ1n) is 3.96. The molecule has 1 N–H and O–H groups in total. The molecule has 0 aliphatic heterocycles. The van der Waals surface area contributed by atoms with Crippen molar-refractivity contribution >= 4 is 0 Å². The Morgan fingerprint density at radius 2 is 2.09 bits per heavy atom. The average Bonchev–Trinajstić information content (AvgIpc) is 1.98. The fourth-order valence-corrected chi connectivity index (χ4v) is 0.567. The second-order valence-corrected chi connectivity index (χ2v) is 2.87. The third-order valence-electron chi connectivity index (χ3n) is 1.31. The number of aliphatic hydroxyl groups excluding tert-OH is 1. The van der Waals surface area contributed by atoms with E-state index in [0.29, 0.717) is 17.9 Å². The van der Waals surface area contributed by atoms with Crippen LogP contribution in [0.3, 0.4) is 0 Å². The molecule has 0 radical (unpaired) electrons. The summed E-state index contributed by atoms with van der Waals surface area (Å²) >= 11 is 0. The van der Waals surface area contributed by atoms with Crippen LogP contribution < -0.4 is 0 Å². The summed E-state index contributed by atoms with van der Waals surface area (Å²) in [6.45, 7) is 9.61. The summed E-state index contributed by atoms with van der Waals surface area (Å²) in [7, 11) is 0. The van der Waals surface area contributed by atoms with Crippen molar-refractivity contribution < 1.29 is 5.11 Å². The minimum atomic E-state index is -0.457. The van der Waals surface area contributed by atoms with Crippen molar-refractivity contribution in [2.45, 2.75) is 33.3 Å². The van der Waals surface area contributed by atoms with Gasteiger partial charge in [0.15, 0.2) is 0 Å². The van der Waals surface area contributed by atoms with Crippen LogP contribution in [0.5, 0.6) is 0 Å². The Balaban J connectivity index is 3.99. The van der Waals surface area contributed by atoms with E-state index in [2.05, 4.69) is 18.4 Å². The van der Waals surface area contributed by atoms with E-state index >= 15 is 0 Å². The van der Waals surface area contributed by atoms with Crippen molar-refractivity contribution in [1.29, 1.82) is 0 Å². The second kappa shape index (κ2) is 4.98. The van der Waals surface area contributed by atoms with Gasteiger partial charge in [0.05, 0.1) is 6.10 Å². The highest BCUT2D eigenvalue weighted by atomic mass is 16.3. The quantitative estimate of drug-likeness (QED) is 0.600. The molecule has 0 aromatic carbocycles. The van der Waals surface area contributed by atoms with Gasteiger partial charge in [0.25, 0.3) is 0 Å². The number of hydrogen-bond donors (Lipinski definition) is 1. The molecule has 0 rings (SSSR count). The normalized spacial score (nSPS) is 12.1. The predicted octanol–water partition coefficient (Wildman–Crippen LogP) is 1.97. The molecule has 1 atom stereocenters. The van der Waals surface area contributed by atoms with E-state index < -0.39 is 6.10 Å².